The Labute approximate surface area is 128 Å². The Morgan fingerprint density at radius 2 is 1.36 bits per heavy atom. The van der Waals surface area contributed by atoms with Crippen LogP contribution in [0.4, 0.5) is 4.39 Å². The third-order valence-corrected chi connectivity index (χ3v) is 3.47. The molecule has 22 heavy (non-hydrogen) atoms. The van der Waals surface area contributed by atoms with E-state index in [2.05, 4.69) is 0 Å². The molecule has 0 amide bonds. The topological polar surface area (TPSA) is 43.4 Å². The molecular weight excluding hydrogens is 283 g/mol. The first-order chi connectivity index (χ1) is 10.4. The zero-order valence-electron chi connectivity index (χ0n) is 12.5. The Kier molecular flexibility index (Phi) is 4.71. The lowest BCUT2D eigenvalue weighted by molar-refractivity contribution is -0.164. The fourth-order valence-corrected chi connectivity index (χ4v) is 1.95. The van der Waals surface area contributed by atoms with Crippen molar-refractivity contribution < 1.29 is 18.7 Å². The number of alkyl halides is 1. The van der Waals surface area contributed by atoms with Crippen molar-refractivity contribution in [2.45, 2.75) is 25.6 Å². The predicted octanol–water partition coefficient (Wildman–Crippen LogP) is 3.64. The number of halogens is 1. The maximum absolute atomic E-state index is 14.2. The summed E-state index contributed by atoms with van der Waals surface area (Å²) in [4.78, 5) is 23.3. The van der Waals surface area contributed by atoms with Crippen molar-refractivity contribution in [2.75, 3.05) is 0 Å². The second-order valence-electron chi connectivity index (χ2n) is 5.17. The van der Waals surface area contributed by atoms with Gasteiger partial charge >= 0.3 is 5.97 Å². The van der Waals surface area contributed by atoms with Crippen LogP contribution in [-0.4, -0.2) is 17.4 Å². The van der Waals surface area contributed by atoms with Gasteiger partial charge < -0.3 is 4.74 Å². The number of ketones is 1. The van der Waals surface area contributed by atoms with Crippen LogP contribution in [0.1, 0.15) is 31.1 Å². The summed E-state index contributed by atoms with van der Waals surface area (Å²) in [6.45, 7) is 1.95. The molecule has 0 spiro atoms. The number of carbonyl (C=O) groups is 2. The number of hydrogen-bond donors (Lipinski definition) is 0. The van der Waals surface area contributed by atoms with E-state index in [4.69, 9.17) is 4.74 Å². The highest BCUT2D eigenvalue weighted by Crippen LogP contribution is 2.28. The van der Waals surface area contributed by atoms with Crippen LogP contribution in [0, 0.1) is 0 Å². The van der Waals surface area contributed by atoms with Crippen LogP contribution in [0.25, 0.3) is 0 Å². The van der Waals surface area contributed by atoms with Crippen molar-refractivity contribution in [3.05, 3.63) is 71.8 Å². The molecule has 0 aliphatic heterocycles. The highest BCUT2D eigenvalue weighted by Gasteiger charge is 2.41. The zero-order chi connectivity index (χ0) is 16.2. The average Bonchev–Trinajstić information content (AvgIpc) is 2.53. The predicted molar refractivity (Wildman–Crippen MR) is 81.0 cm³/mol. The molecular formula is C18H17FO3. The van der Waals surface area contributed by atoms with Gasteiger partial charge in [0.25, 0.3) is 5.67 Å². The van der Waals surface area contributed by atoms with E-state index in [1.165, 1.54) is 0 Å². The summed E-state index contributed by atoms with van der Waals surface area (Å²) in [5.74, 6) is -2.06. The summed E-state index contributed by atoms with van der Waals surface area (Å²) in [6, 6.07) is 18.0. The number of benzene rings is 2. The molecule has 2 aromatic carbocycles. The average molecular weight is 300 g/mol. The van der Waals surface area contributed by atoms with E-state index < -0.39 is 23.5 Å². The first kappa shape index (κ1) is 15.9. The van der Waals surface area contributed by atoms with Crippen LogP contribution in [0.15, 0.2) is 60.7 Å². The van der Waals surface area contributed by atoms with Gasteiger partial charge in [-0.15, -0.1) is 0 Å². The first-order valence-electron chi connectivity index (χ1n) is 6.94. The molecule has 2 rings (SSSR count). The van der Waals surface area contributed by atoms with E-state index >= 15 is 0 Å². The quantitative estimate of drug-likeness (QED) is 0.625. The van der Waals surface area contributed by atoms with Gasteiger partial charge in [-0.3, -0.25) is 4.79 Å². The molecule has 0 fully saturated rings. The fourth-order valence-electron chi connectivity index (χ4n) is 1.95. The molecule has 0 aromatic heterocycles. The molecule has 0 saturated carbocycles. The van der Waals surface area contributed by atoms with E-state index in [0.29, 0.717) is 11.1 Å². The van der Waals surface area contributed by atoms with Gasteiger partial charge in [-0.25, -0.2) is 9.18 Å². The second-order valence-corrected chi connectivity index (χ2v) is 5.17. The van der Waals surface area contributed by atoms with Gasteiger partial charge in [-0.1, -0.05) is 60.7 Å². The summed E-state index contributed by atoms with van der Waals surface area (Å²) in [6.07, 6.45) is -0.760. The molecule has 1 atom stereocenters. The summed E-state index contributed by atoms with van der Waals surface area (Å²) in [5, 5.41) is 0. The lowest BCUT2D eigenvalue weighted by Crippen LogP contribution is -2.39. The van der Waals surface area contributed by atoms with Crippen LogP contribution < -0.4 is 0 Å². The summed E-state index contributed by atoms with van der Waals surface area (Å²) in [7, 11) is 0. The number of carbonyl (C=O) groups excluding carboxylic acids is 2. The van der Waals surface area contributed by atoms with Crippen molar-refractivity contribution in [3.63, 3.8) is 0 Å². The maximum atomic E-state index is 14.2. The molecule has 0 aliphatic rings. The third-order valence-electron chi connectivity index (χ3n) is 3.47. The van der Waals surface area contributed by atoms with E-state index in [9.17, 15) is 14.0 Å². The van der Waals surface area contributed by atoms with Gasteiger partial charge in [0.15, 0.2) is 11.9 Å². The van der Waals surface area contributed by atoms with E-state index in [1.807, 2.05) is 12.1 Å². The Hall–Kier alpha value is -2.49. The maximum Gasteiger partial charge on any atom is 0.352 e. The molecule has 3 nitrogen and oxygen atoms in total. The number of hydrogen-bond acceptors (Lipinski definition) is 3. The van der Waals surface area contributed by atoms with E-state index in [1.54, 1.807) is 48.5 Å². The molecule has 114 valence electrons. The van der Waals surface area contributed by atoms with Gasteiger partial charge in [0.05, 0.1) is 0 Å². The van der Waals surface area contributed by atoms with Gasteiger partial charge in [-0.05, 0) is 25.0 Å². The summed E-state index contributed by atoms with van der Waals surface area (Å²) >= 11 is 0. The molecule has 0 bridgehead atoms. The monoisotopic (exact) mass is 300 g/mol. The standard InChI is InChI=1S/C18H17FO3/c1-13(20)18(2,19)17(21)22-16(14-9-5-3-6-10-14)15-11-7-4-8-12-15/h3-12,16H,1-2H3/t18-/m0/s1. The summed E-state index contributed by atoms with van der Waals surface area (Å²) < 4.78 is 19.5. The molecule has 0 N–H and O–H groups in total. The lowest BCUT2D eigenvalue weighted by atomic mass is 10.0. The number of ether oxygens (including phenoxy) is 1. The van der Waals surface area contributed by atoms with Crippen LogP contribution in [0.3, 0.4) is 0 Å². The Morgan fingerprint density at radius 3 is 1.73 bits per heavy atom. The molecule has 2 aromatic rings. The van der Waals surface area contributed by atoms with Crippen molar-refractivity contribution in [2.24, 2.45) is 0 Å². The number of rotatable bonds is 5. The molecule has 0 radical (unpaired) electrons. The van der Waals surface area contributed by atoms with Gasteiger partial charge in [0.2, 0.25) is 0 Å². The first-order valence-corrected chi connectivity index (χ1v) is 6.94. The largest absolute Gasteiger partial charge is 0.450 e. The smallest absolute Gasteiger partial charge is 0.352 e. The van der Waals surface area contributed by atoms with Crippen molar-refractivity contribution >= 4 is 11.8 Å². The Bertz CT molecular complexity index is 611. The van der Waals surface area contributed by atoms with Crippen molar-refractivity contribution in [3.8, 4) is 0 Å². The number of esters is 1. The van der Waals surface area contributed by atoms with Gasteiger partial charge in [0, 0.05) is 0 Å². The molecule has 0 unspecified atom stereocenters. The highest BCUT2D eigenvalue weighted by atomic mass is 19.1. The molecule has 0 aliphatic carbocycles. The van der Waals surface area contributed by atoms with Gasteiger partial charge in [0.1, 0.15) is 0 Å². The van der Waals surface area contributed by atoms with Crippen LogP contribution in [-0.2, 0) is 14.3 Å². The van der Waals surface area contributed by atoms with Crippen LogP contribution >= 0.6 is 0 Å². The Morgan fingerprint density at radius 1 is 0.955 bits per heavy atom. The minimum absolute atomic E-state index is 0.710. The Balaban J connectivity index is 2.35. The van der Waals surface area contributed by atoms with Crippen LogP contribution in [0.5, 0.6) is 0 Å². The molecule has 0 heterocycles. The zero-order valence-corrected chi connectivity index (χ0v) is 12.5. The third kappa shape index (κ3) is 3.39. The van der Waals surface area contributed by atoms with Crippen molar-refractivity contribution in [1.29, 1.82) is 0 Å². The highest BCUT2D eigenvalue weighted by molar-refractivity contribution is 6.05. The SMILES string of the molecule is CC(=O)[C@](C)(F)C(=O)OC(c1ccccc1)c1ccccc1. The van der Waals surface area contributed by atoms with Crippen LogP contribution in [0.2, 0.25) is 0 Å². The lowest BCUT2D eigenvalue weighted by Gasteiger charge is -2.23. The molecule has 0 saturated heterocycles. The van der Waals surface area contributed by atoms with E-state index in [0.717, 1.165) is 13.8 Å². The van der Waals surface area contributed by atoms with Gasteiger partial charge in [-0.2, -0.15) is 0 Å². The normalized spacial score (nSPS) is 13.5. The minimum Gasteiger partial charge on any atom is -0.450 e. The molecule has 4 heteroatoms. The summed E-state index contributed by atoms with van der Waals surface area (Å²) in [5.41, 5.74) is -1.23. The minimum atomic E-state index is -2.65. The van der Waals surface area contributed by atoms with E-state index in [-0.39, 0.29) is 0 Å². The number of Topliss-reactive ketones (excluding diaryl/α,β-unsaturated/α-hetero) is 1. The second kappa shape index (κ2) is 6.52. The van der Waals surface area contributed by atoms with Crippen molar-refractivity contribution in [1.82, 2.24) is 0 Å². The fraction of sp³-hybridized carbons (Fsp3) is 0.222.